The van der Waals surface area contributed by atoms with Crippen LogP contribution in [0.3, 0.4) is 0 Å². The largest absolute Gasteiger partial charge is 0.490 e. The van der Waals surface area contributed by atoms with Crippen LogP contribution in [0.1, 0.15) is 30.7 Å². The van der Waals surface area contributed by atoms with Crippen molar-refractivity contribution >= 4 is 38.9 Å². The van der Waals surface area contributed by atoms with E-state index in [0.717, 1.165) is 30.8 Å². The molecule has 3 aromatic rings. The highest BCUT2D eigenvalue weighted by Crippen LogP contribution is 2.31. The number of benzene rings is 1. The number of piperidine rings is 1. The van der Waals surface area contributed by atoms with E-state index in [1.54, 1.807) is 4.90 Å². The van der Waals surface area contributed by atoms with E-state index in [1.807, 2.05) is 0 Å². The number of alkyl halides is 3. The molecule has 2 saturated heterocycles. The molecule has 1 atom stereocenters. The summed E-state index contributed by atoms with van der Waals surface area (Å²) in [7, 11) is 1.54. The molecule has 1 aromatic carbocycles. The van der Waals surface area contributed by atoms with Gasteiger partial charge in [0.1, 0.15) is 6.33 Å². The fourth-order valence-electron chi connectivity index (χ4n) is 4.44. The second-order valence-corrected chi connectivity index (χ2v) is 9.79. The van der Waals surface area contributed by atoms with Crippen LogP contribution in [0.25, 0.3) is 10.3 Å². The van der Waals surface area contributed by atoms with Crippen LogP contribution < -0.4 is 10.5 Å². The second-order valence-electron chi connectivity index (χ2n) is 8.78. The summed E-state index contributed by atoms with van der Waals surface area (Å²) in [4.78, 5) is 36.6. The quantitative estimate of drug-likeness (QED) is 0.422. The highest BCUT2D eigenvalue weighted by molar-refractivity contribution is 7.21. The highest BCUT2D eigenvalue weighted by atomic mass is 32.1. The monoisotopic (exact) mass is 570 g/mol. The number of thiazole rings is 1. The van der Waals surface area contributed by atoms with E-state index in [-0.39, 0.29) is 0 Å². The van der Waals surface area contributed by atoms with Crippen LogP contribution in [0.2, 0.25) is 0 Å². The van der Waals surface area contributed by atoms with Gasteiger partial charge in [0.25, 0.3) is 0 Å². The number of hydrogen-bond donors (Lipinski definition) is 3. The molecule has 2 fully saturated rings. The molecule has 1 amide bonds. The molecule has 1 unspecified atom stereocenters. The van der Waals surface area contributed by atoms with E-state index in [9.17, 15) is 18.0 Å². The molecule has 212 valence electrons. The SMILES string of the molecule is COc1ncnc2sc(N)nc12.O=C(O)C(F)(F)F.O=C(O)N1CCC(N2CCC(c3ccccc3)C2)CC1. The van der Waals surface area contributed by atoms with Crippen molar-refractivity contribution in [2.45, 2.75) is 37.4 Å². The molecule has 0 bridgehead atoms. The predicted octanol–water partition coefficient (Wildman–Crippen LogP) is 3.93. The molecule has 2 aliphatic rings. The number of halogens is 3. The third kappa shape index (κ3) is 8.38. The molecule has 15 heteroatoms. The third-order valence-electron chi connectivity index (χ3n) is 6.36. The van der Waals surface area contributed by atoms with Crippen LogP contribution in [0, 0.1) is 0 Å². The summed E-state index contributed by atoms with van der Waals surface area (Å²) in [5, 5.41) is 16.6. The first-order chi connectivity index (χ1) is 18.5. The van der Waals surface area contributed by atoms with Gasteiger partial charge in [0.2, 0.25) is 5.88 Å². The molecule has 11 nitrogen and oxygen atoms in total. The average Bonchev–Trinajstić information content (AvgIpc) is 3.56. The number of carboxylic acid groups (broad SMARTS) is 2. The Balaban J connectivity index is 0.000000187. The van der Waals surface area contributed by atoms with Gasteiger partial charge in [-0.2, -0.15) is 18.2 Å². The lowest BCUT2D eigenvalue weighted by Gasteiger charge is -2.35. The zero-order valence-corrected chi connectivity index (χ0v) is 21.9. The van der Waals surface area contributed by atoms with Crippen LogP contribution in [0.5, 0.6) is 5.88 Å². The summed E-state index contributed by atoms with van der Waals surface area (Å²) in [6, 6.07) is 11.3. The van der Waals surface area contributed by atoms with Crippen LogP contribution in [-0.4, -0.2) is 92.5 Å². The Morgan fingerprint density at radius 3 is 2.28 bits per heavy atom. The highest BCUT2D eigenvalue weighted by Gasteiger charge is 2.38. The van der Waals surface area contributed by atoms with Crippen molar-refractivity contribution in [2.75, 3.05) is 39.0 Å². The summed E-state index contributed by atoms with van der Waals surface area (Å²) < 4.78 is 36.7. The van der Waals surface area contributed by atoms with E-state index in [2.05, 4.69) is 50.2 Å². The number of aromatic nitrogens is 3. The fraction of sp³-hybridized carbons (Fsp3) is 0.458. The number of anilines is 1. The summed E-state index contributed by atoms with van der Waals surface area (Å²) >= 11 is 1.32. The Morgan fingerprint density at radius 1 is 1.08 bits per heavy atom. The first-order valence-corrected chi connectivity index (χ1v) is 12.8. The number of rotatable bonds is 3. The zero-order valence-electron chi connectivity index (χ0n) is 21.0. The van der Waals surface area contributed by atoms with Crippen molar-refractivity contribution in [3.05, 3.63) is 42.2 Å². The number of aliphatic carboxylic acids is 1. The summed E-state index contributed by atoms with van der Waals surface area (Å²) in [6.07, 6.45) is -1.24. The number of carbonyl (C=O) groups is 2. The number of nitrogens with zero attached hydrogens (tertiary/aromatic N) is 5. The molecule has 2 aliphatic heterocycles. The molecule has 39 heavy (non-hydrogen) atoms. The maximum atomic E-state index is 10.9. The van der Waals surface area contributed by atoms with Gasteiger partial charge in [0.15, 0.2) is 15.5 Å². The molecule has 2 aromatic heterocycles. The van der Waals surface area contributed by atoms with Crippen LogP contribution in [0.4, 0.5) is 23.1 Å². The third-order valence-corrected chi connectivity index (χ3v) is 7.15. The lowest BCUT2D eigenvalue weighted by atomic mass is 9.98. The van der Waals surface area contributed by atoms with Gasteiger partial charge in [0, 0.05) is 25.7 Å². The van der Waals surface area contributed by atoms with Crippen molar-refractivity contribution in [1.82, 2.24) is 24.8 Å². The van der Waals surface area contributed by atoms with Gasteiger partial charge < -0.3 is 25.6 Å². The number of hydrogen-bond acceptors (Lipinski definition) is 9. The topological polar surface area (TPSA) is 155 Å². The fourth-order valence-corrected chi connectivity index (χ4v) is 5.10. The van der Waals surface area contributed by atoms with E-state index in [4.69, 9.17) is 25.5 Å². The number of likely N-dealkylation sites (tertiary alicyclic amines) is 2. The van der Waals surface area contributed by atoms with Gasteiger partial charge in [0.05, 0.1) is 7.11 Å². The van der Waals surface area contributed by atoms with E-state index in [0.29, 0.717) is 41.6 Å². The number of ether oxygens (including phenoxy) is 1. The maximum absolute atomic E-state index is 10.9. The molecule has 4 N–H and O–H groups in total. The molecule has 4 heterocycles. The Kier molecular flexibility index (Phi) is 10.2. The Hall–Kier alpha value is -3.72. The van der Waals surface area contributed by atoms with E-state index < -0.39 is 18.2 Å². The first-order valence-electron chi connectivity index (χ1n) is 12.0. The summed E-state index contributed by atoms with van der Waals surface area (Å²) in [5.41, 5.74) is 7.57. The number of amides is 1. The Morgan fingerprint density at radius 2 is 1.72 bits per heavy atom. The number of nitrogen functional groups attached to an aromatic ring is 1. The molecule has 0 spiro atoms. The smallest absolute Gasteiger partial charge is 0.479 e. The average molecular weight is 571 g/mol. The summed E-state index contributed by atoms with van der Waals surface area (Å²) in [6.45, 7) is 3.65. The first kappa shape index (κ1) is 29.8. The van der Waals surface area contributed by atoms with Gasteiger partial charge in [-0.3, -0.25) is 4.90 Å². The van der Waals surface area contributed by atoms with E-state index >= 15 is 0 Å². The van der Waals surface area contributed by atoms with Gasteiger partial charge in [-0.05, 0) is 37.3 Å². The van der Waals surface area contributed by atoms with Crippen molar-refractivity contribution in [1.29, 1.82) is 0 Å². The minimum Gasteiger partial charge on any atom is -0.479 e. The Bertz CT molecular complexity index is 1240. The zero-order chi connectivity index (χ0) is 28.6. The number of nitrogens with two attached hydrogens (primary N) is 1. The van der Waals surface area contributed by atoms with Crippen LogP contribution >= 0.6 is 11.3 Å². The van der Waals surface area contributed by atoms with Gasteiger partial charge in [-0.1, -0.05) is 41.7 Å². The molecule has 5 rings (SSSR count). The number of carboxylic acids is 1. The van der Waals surface area contributed by atoms with Crippen molar-refractivity contribution in [2.24, 2.45) is 0 Å². The number of fused-ring (bicyclic) bond motifs is 1. The molecule has 0 radical (unpaired) electrons. The minimum absolute atomic E-state index is 0.466. The van der Waals surface area contributed by atoms with Crippen LogP contribution in [-0.2, 0) is 4.79 Å². The maximum Gasteiger partial charge on any atom is 0.490 e. The lowest BCUT2D eigenvalue weighted by Crippen LogP contribution is -2.45. The van der Waals surface area contributed by atoms with Gasteiger partial charge >= 0.3 is 18.2 Å². The predicted molar refractivity (Wildman–Crippen MR) is 138 cm³/mol. The van der Waals surface area contributed by atoms with Gasteiger partial charge in [-0.15, -0.1) is 0 Å². The molecular weight excluding hydrogens is 541 g/mol. The summed E-state index contributed by atoms with van der Waals surface area (Å²) in [5.74, 6) is -1.64. The Labute approximate surface area is 226 Å². The van der Waals surface area contributed by atoms with Crippen LogP contribution in [0.15, 0.2) is 36.7 Å². The second kappa shape index (κ2) is 13.4. The van der Waals surface area contributed by atoms with Gasteiger partial charge in [-0.25, -0.2) is 19.6 Å². The molecular formula is C24H29F3N6O5S. The minimum atomic E-state index is -5.08. The normalized spacial score (nSPS) is 18.1. The van der Waals surface area contributed by atoms with Crippen molar-refractivity contribution < 1.29 is 37.7 Å². The number of methoxy groups -OCH3 is 1. The molecule has 0 saturated carbocycles. The molecule has 0 aliphatic carbocycles. The lowest BCUT2D eigenvalue weighted by molar-refractivity contribution is -0.192. The van der Waals surface area contributed by atoms with E-state index in [1.165, 1.54) is 36.8 Å². The van der Waals surface area contributed by atoms with Crippen molar-refractivity contribution in [3.63, 3.8) is 0 Å². The van der Waals surface area contributed by atoms with Crippen molar-refractivity contribution in [3.8, 4) is 5.88 Å². The standard InChI is InChI=1S/C16H22N2O2.C6H6N4OS.C2HF3O2/c19-16(20)17-10-7-15(8-11-17)18-9-6-14(12-18)13-4-2-1-3-5-13;1-11-4-3-5(9-2-8-4)12-6(7)10-3;3-2(4,5)1(6)7/h1-5,14-15H,6-12H2,(H,19,20);2H,1H3,(H2,7,10);(H,6,7).